The molecule has 6 nitrogen and oxygen atoms in total. The van der Waals surface area contributed by atoms with Crippen molar-refractivity contribution in [1.82, 2.24) is 19.9 Å². The summed E-state index contributed by atoms with van der Waals surface area (Å²) in [7, 11) is 0. The van der Waals surface area contributed by atoms with Crippen LogP contribution >= 0.6 is 12.4 Å². The molecular formula is C14H20ClN5O. The number of fused-ring (bicyclic) bond motifs is 1. The van der Waals surface area contributed by atoms with E-state index < -0.39 is 0 Å². The van der Waals surface area contributed by atoms with Gasteiger partial charge in [0.1, 0.15) is 0 Å². The van der Waals surface area contributed by atoms with Gasteiger partial charge in [-0.25, -0.2) is 0 Å². The van der Waals surface area contributed by atoms with Crippen molar-refractivity contribution in [3.05, 3.63) is 23.9 Å². The van der Waals surface area contributed by atoms with Crippen LogP contribution in [0.3, 0.4) is 0 Å². The molecule has 2 aromatic rings. The number of pyridine rings is 1. The van der Waals surface area contributed by atoms with Crippen LogP contribution in [-0.2, 0) is 4.79 Å². The molecule has 3 rings (SSSR count). The first-order valence-electron chi connectivity index (χ1n) is 6.99. The topological polar surface area (TPSA) is 71.3 Å². The molecule has 0 aliphatic carbocycles. The van der Waals surface area contributed by atoms with E-state index in [1.165, 1.54) is 0 Å². The van der Waals surface area contributed by atoms with E-state index in [-0.39, 0.29) is 24.2 Å². The van der Waals surface area contributed by atoms with Gasteiger partial charge in [0.25, 0.3) is 0 Å². The van der Waals surface area contributed by atoms with Gasteiger partial charge in [-0.15, -0.1) is 22.6 Å². The molecule has 1 fully saturated rings. The number of aromatic nitrogens is 3. The Morgan fingerprint density at radius 3 is 3.05 bits per heavy atom. The standard InChI is InChI=1S/C14H19N5O.ClH/c1-9-4-6-19-12(7-9)17-18-14(19)16-13(20)11-3-5-15-10(2)8-11;/h4,6-7,10-11,15H,3,5,8H2,1-2H3,(H,16,18,20);1H/t10-,11-;/m0./s1. The van der Waals surface area contributed by atoms with Gasteiger partial charge in [-0.05, 0) is 50.9 Å². The van der Waals surface area contributed by atoms with Gasteiger partial charge in [-0.1, -0.05) is 0 Å². The summed E-state index contributed by atoms with van der Waals surface area (Å²) >= 11 is 0. The Morgan fingerprint density at radius 2 is 2.29 bits per heavy atom. The summed E-state index contributed by atoms with van der Waals surface area (Å²) in [4.78, 5) is 12.3. The van der Waals surface area contributed by atoms with Crippen LogP contribution in [-0.4, -0.2) is 33.1 Å². The van der Waals surface area contributed by atoms with E-state index in [4.69, 9.17) is 0 Å². The van der Waals surface area contributed by atoms with Crippen LogP contribution in [0.4, 0.5) is 5.95 Å². The van der Waals surface area contributed by atoms with Crippen molar-refractivity contribution in [3.8, 4) is 0 Å². The largest absolute Gasteiger partial charge is 0.314 e. The molecule has 3 heterocycles. The molecule has 1 saturated heterocycles. The molecule has 0 bridgehead atoms. The van der Waals surface area contributed by atoms with Gasteiger partial charge in [0.2, 0.25) is 11.9 Å². The number of nitrogens with zero attached hydrogens (tertiary/aromatic N) is 3. The lowest BCUT2D eigenvalue weighted by atomic mass is 9.92. The number of rotatable bonds is 2. The zero-order valence-electron chi connectivity index (χ0n) is 12.2. The first-order chi connectivity index (χ1) is 9.63. The number of halogens is 1. The van der Waals surface area contributed by atoms with Gasteiger partial charge in [0.05, 0.1) is 0 Å². The quantitative estimate of drug-likeness (QED) is 0.887. The Labute approximate surface area is 129 Å². The lowest BCUT2D eigenvalue weighted by Crippen LogP contribution is -2.40. The van der Waals surface area contributed by atoms with Gasteiger partial charge >= 0.3 is 0 Å². The second kappa shape index (κ2) is 6.41. The first kappa shape index (κ1) is 15.7. The third-order valence-corrected chi connectivity index (χ3v) is 3.79. The number of carbonyl (C=O) groups is 1. The van der Waals surface area contributed by atoms with Crippen molar-refractivity contribution < 1.29 is 4.79 Å². The molecule has 0 radical (unpaired) electrons. The van der Waals surface area contributed by atoms with Crippen molar-refractivity contribution in [2.75, 3.05) is 11.9 Å². The van der Waals surface area contributed by atoms with Crippen LogP contribution < -0.4 is 10.6 Å². The SMILES string of the molecule is Cc1ccn2c(NC(=O)[C@H]3CCN[C@@H](C)C3)nnc2c1.Cl. The highest BCUT2D eigenvalue weighted by molar-refractivity contribution is 5.91. The number of hydrogen-bond donors (Lipinski definition) is 2. The summed E-state index contributed by atoms with van der Waals surface area (Å²) in [6.45, 7) is 5.00. The Balaban J connectivity index is 0.00000161. The molecule has 1 aliphatic rings. The van der Waals surface area contributed by atoms with E-state index in [0.717, 1.165) is 30.6 Å². The van der Waals surface area contributed by atoms with Gasteiger partial charge in [0, 0.05) is 18.2 Å². The van der Waals surface area contributed by atoms with Crippen molar-refractivity contribution in [3.63, 3.8) is 0 Å². The number of piperidine rings is 1. The molecule has 0 saturated carbocycles. The molecule has 0 unspecified atom stereocenters. The van der Waals surface area contributed by atoms with E-state index in [1.807, 2.05) is 25.3 Å². The maximum Gasteiger partial charge on any atom is 0.235 e. The van der Waals surface area contributed by atoms with Crippen molar-refractivity contribution in [2.24, 2.45) is 5.92 Å². The highest BCUT2D eigenvalue weighted by Gasteiger charge is 2.25. The highest BCUT2D eigenvalue weighted by atomic mass is 35.5. The van der Waals surface area contributed by atoms with Crippen molar-refractivity contribution >= 4 is 29.9 Å². The predicted octanol–water partition coefficient (Wildman–Crippen LogP) is 1.79. The third-order valence-electron chi connectivity index (χ3n) is 3.79. The second-order valence-electron chi connectivity index (χ2n) is 5.52. The molecule has 2 atom stereocenters. The smallest absolute Gasteiger partial charge is 0.235 e. The number of nitrogens with one attached hydrogen (secondary N) is 2. The lowest BCUT2D eigenvalue weighted by molar-refractivity contribution is -0.120. The monoisotopic (exact) mass is 309 g/mol. The zero-order chi connectivity index (χ0) is 14.1. The van der Waals surface area contributed by atoms with E-state index in [1.54, 1.807) is 4.40 Å². The summed E-state index contributed by atoms with van der Waals surface area (Å²) in [5.74, 6) is 0.577. The van der Waals surface area contributed by atoms with Crippen LogP contribution in [0.15, 0.2) is 18.3 Å². The molecular weight excluding hydrogens is 290 g/mol. The molecule has 1 amide bonds. The molecule has 0 spiro atoms. The Morgan fingerprint density at radius 1 is 1.48 bits per heavy atom. The molecule has 2 aromatic heterocycles. The fourth-order valence-corrected chi connectivity index (χ4v) is 2.66. The molecule has 0 aromatic carbocycles. The van der Waals surface area contributed by atoms with Gasteiger partial charge < -0.3 is 5.32 Å². The average molecular weight is 310 g/mol. The Hall–Kier alpha value is -1.66. The zero-order valence-corrected chi connectivity index (χ0v) is 13.0. The fourth-order valence-electron chi connectivity index (χ4n) is 2.66. The van der Waals surface area contributed by atoms with E-state index >= 15 is 0 Å². The van der Waals surface area contributed by atoms with Crippen molar-refractivity contribution in [1.29, 1.82) is 0 Å². The third kappa shape index (κ3) is 3.33. The molecule has 7 heteroatoms. The van der Waals surface area contributed by atoms with Crippen LogP contribution in [0.2, 0.25) is 0 Å². The number of aryl methyl sites for hydroxylation is 1. The van der Waals surface area contributed by atoms with Crippen LogP contribution in [0, 0.1) is 12.8 Å². The van der Waals surface area contributed by atoms with Crippen LogP contribution in [0.1, 0.15) is 25.3 Å². The lowest BCUT2D eigenvalue weighted by Gasteiger charge is -2.26. The first-order valence-corrected chi connectivity index (χ1v) is 6.99. The predicted molar refractivity (Wildman–Crippen MR) is 83.8 cm³/mol. The number of hydrogen-bond acceptors (Lipinski definition) is 4. The van der Waals surface area contributed by atoms with E-state index in [2.05, 4.69) is 27.8 Å². The Bertz CT molecular complexity index is 641. The minimum absolute atomic E-state index is 0. The summed E-state index contributed by atoms with van der Waals surface area (Å²) in [5, 5.41) is 14.4. The summed E-state index contributed by atoms with van der Waals surface area (Å²) in [5.41, 5.74) is 1.87. The maximum atomic E-state index is 12.3. The second-order valence-corrected chi connectivity index (χ2v) is 5.52. The summed E-state index contributed by atoms with van der Waals surface area (Å²) in [6.07, 6.45) is 3.61. The van der Waals surface area contributed by atoms with Gasteiger partial charge in [-0.3, -0.25) is 14.5 Å². The maximum absolute atomic E-state index is 12.3. The van der Waals surface area contributed by atoms with E-state index in [0.29, 0.717) is 12.0 Å². The average Bonchev–Trinajstić information content (AvgIpc) is 2.81. The fraction of sp³-hybridized carbons (Fsp3) is 0.500. The van der Waals surface area contributed by atoms with Gasteiger partial charge in [-0.2, -0.15) is 0 Å². The van der Waals surface area contributed by atoms with Crippen LogP contribution in [0.5, 0.6) is 0 Å². The normalized spacial score (nSPS) is 21.8. The Kier molecular flexibility index (Phi) is 4.80. The minimum atomic E-state index is 0. The summed E-state index contributed by atoms with van der Waals surface area (Å²) in [6, 6.07) is 4.30. The number of carbonyl (C=O) groups excluding carboxylic acids is 1. The number of anilines is 1. The minimum Gasteiger partial charge on any atom is -0.314 e. The highest BCUT2D eigenvalue weighted by Crippen LogP contribution is 2.18. The van der Waals surface area contributed by atoms with Crippen molar-refractivity contribution in [2.45, 2.75) is 32.7 Å². The number of amides is 1. The van der Waals surface area contributed by atoms with E-state index in [9.17, 15) is 4.79 Å². The summed E-state index contributed by atoms with van der Waals surface area (Å²) < 4.78 is 1.80. The molecule has 2 N–H and O–H groups in total. The van der Waals surface area contributed by atoms with Crippen LogP contribution in [0.25, 0.3) is 5.65 Å². The molecule has 114 valence electrons. The molecule has 21 heavy (non-hydrogen) atoms. The van der Waals surface area contributed by atoms with Gasteiger partial charge in [0.15, 0.2) is 5.65 Å². The molecule has 1 aliphatic heterocycles.